The fourth-order valence-corrected chi connectivity index (χ4v) is 2.78. The number of nitrogens with two attached hydrogens (primary N) is 1. The molecule has 0 spiro atoms. The van der Waals surface area contributed by atoms with Crippen LogP contribution in [-0.4, -0.2) is 31.0 Å². The van der Waals surface area contributed by atoms with E-state index < -0.39 is 10.0 Å². The van der Waals surface area contributed by atoms with Gasteiger partial charge in [-0.2, -0.15) is 0 Å². The molecule has 0 fully saturated rings. The number of benzene rings is 1. The van der Waals surface area contributed by atoms with Crippen LogP contribution in [0.3, 0.4) is 0 Å². The van der Waals surface area contributed by atoms with Crippen molar-refractivity contribution in [1.82, 2.24) is 9.97 Å². The summed E-state index contributed by atoms with van der Waals surface area (Å²) in [5, 5.41) is 11.7. The largest absolute Gasteiger partial charge is 0.370 e. The number of nitrogens with one attached hydrogen (secondary N) is 2. The summed E-state index contributed by atoms with van der Waals surface area (Å²) in [5.74, 6) is 2.27. The van der Waals surface area contributed by atoms with E-state index in [2.05, 4.69) is 34.4 Å². The maximum absolute atomic E-state index is 11.3. The van der Waals surface area contributed by atoms with Crippen molar-refractivity contribution in [1.29, 1.82) is 0 Å². The Labute approximate surface area is 149 Å². The summed E-state index contributed by atoms with van der Waals surface area (Å²) in [7, 11) is -3.64. The van der Waals surface area contributed by atoms with Crippen LogP contribution in [0.5, 0.6) is 0 Å². The molecule has 1 unspecified atom stereocenters. The second kappa shape index (κ2) is 8.26. The summed E-state index contributed by atoms with van der Waals surface area (Å²) in [6, 6.07) is 8.81. The number of aromatic nitrogens is 2. The average molecular weight is 363 g/mol. The highest BCUT2D eigenvalue weighted by atomic mass is 32.2. The van der Waals surface area contributed by atoms with Crippen molar-refractivity contribution in [2.24, 2.45) is 5.14 Å². The molecule has 7 nitrogen and oxygen atoms in total. The number of aryl methyl sites for hydroxylation is 1. The number of sulfonamides is 1. The van der Waals surface area contributed by atoms with Gasteiger partial charge >= 0.3 is 0 Å². The molecule has 0 saturated carbocycles. The SMILES string of the molecule is CCC(C)Nc1cc(NCCc2ccc(S(N)(=O)=O)cc2)nc(C)n1. The van der Waals surface area contributed by atoms with E-state index in [0.717, 1.165) is 30.0 Å². The van der Waals surface area contributed by atoms with Crippen LogP contribution in [0.1, 0.15) is 31.7 Å². The van der Waals surface area contributed by atoms with E-state index in [1.165, 1.54) is 12.1 Å². The van der Waals surface area contributed by atoms with Crippen molar-refractivity contribution >= 4 is 21.7 Å². The summed E-state index contributed by atoms with van der Waals surface area (Å²) < 4.78 is 22.5. The molecule has 1 heterocycles. The molecule has 136 valence electrons. The lowest BCUT2D eigenvalue weighted by Crippen LogP contribution is -2.16. The summed E-state index contributed by atoms with van der Waals surface area (Å²) in [4.78, 5) is 8.90. The molecule has 1 aromatic heterocycles. The molecule has 0 amide bonds. The van der Waals surface area contributed by atoms with Crippen molar-refractivity contribution in [3.63, 3.8) is 0 Å². The van der Waals surface area contributed by atoms with Gasteiger partial charge in [0.2, 0.25) is 10.0 Å². The Morgan fingerprint density at radius 3 is 2.40 bits per heavy atom. The Balaban J connectivity index is 1.95. The van der Waals surface area contributed by atoms with Gasteiger partial charge in [-0.15, -0.1) is 0 Å². The quantitative estimate of drug-likeness (QED) is 0.664. The smallest absolute Gasteiger partial charge is 0.238 e. The van der Waals surface area contributed by atoms with E-state index in [-0.39, 0.29) is 4.90 Å². The molecule has 0 bridgehead atoms. The average Bonchev–Trinajstić information content (AvgIpc) is 2.54. The van der Waals surface area contributed by atoms with Crippen LogP contribution in [-0.2, 0) is 16.4 Å². The lowest BCUT2D eigenvalue weighted by molar-refractivity contribution is 0.598. The maximum Gasteiger partial charge on any atom is 0.238 e. The molecule has 0 aliphatic rings. The third-order valence-electron chi connectivity index (χ3n) is 3.82. The monoisotopic (exact) mass is 363 g/mol. The molecule has 25 heavy (non-hydrogen) atoms. The zero-order chi connectivity index (χ0) is 18.4. The normalized spacial score (nSPS) is 12.6. The van der Waals surface area contributed by atoms with E-state index in [9.17, 15) is 8.42 Å². The van der Waals surface area contributed by atoms with Crippen LogP contribution in [0.2, 0.25) is 0 Å². The number of nitrogens with zero attached hydrogens (tertiary/aromatic N) is 2. The van der Waals surface area contributed by atoms with Crippen LogP contribution in [0.15, 0.2) is 35.2 Å². The van der Waals surface area contributed by atoms with Gasteiger partial charge in [0.25, 0.3) is 0 Å². The Bertz CT molecular complexity index is 806. The van der Waals surface area contributed by atoms with E-state index in [0.29, 0.717) is 18.4 Å². The first-order valence-corrected chi connectivity index (χ1v) is 9.80. The van der Waals surface area contributed by atoms with Gasteiger partial charge in [-0.1, -0.05) is 19.1 Å². The van der Waals surface area contributed by atoms with Crippen molar-refractivity contribution in [3.05, 3.63) is 41.7 Å². The molecule has 4 N–H and O–H groups in total. The minimum atomic E-state index is -3.64. The van der Waals surface area contributed by atoms with Crippen LogP contribution >= 0.6 is 0 Å². The van der Waals surface area contributed by atoms with Crippen LogP contribution in [0.25, 0.3) is 0 Å². The third-order valence-corrected chi connectivity index (χ3v) is 4.75. The molecular weight excluding hydrogens is 338 g/mol. The molecule has 8 heteroatoms. The minimum absolute atomic E-state index is 0.122. The highest BCUT2D eigenvalue weighted by Gasteiger charge is 2.07. The first kappa shape index (κ1) is 19.1. The van der Waals surface area contributed by atoms with Crippen molar-refractivity contribution in [2.75, 3.05) is 17.2 Å². The van der Waals surface area contributed by atoms with Gasteiger partial charge in [0.05, 0.1) is 4.90 Å². The standard InChI is InChI=1S/C17H25N5O2S/c1-4-12(2)20-17-11-16(21-13(3)22-17)19-10-9-14-5-7-15(8-6-14)25(18,23)24/h5-8,11-12H,4,9-10H2,1-3H3,(H2,18,23,24)(H2,19,20,21,22). The molecule has 1 aromatic carbocycles. The number of hydrogen-bond acceptors (Lipinski definition) is 6. The highest BCUT2D eigenvalue weighted by Crippen LogP contribution is 2.14. The summed E-state index contributed by atoms with van der Waals surface area (Å²) in [5.41, 5.74) is 1.02. The summed E-state index contributed by atoms with van der Waals surface area (Å²) in [6.07, 6.45) is 1.75. The molecule has 0 aliphatic heterocycles. The van der Waals surface area contributed by atoms with E-state index in [4.69, 9.17) is 5.14 Å². The molecular formula is C17H25N5O2S. The number of anilines is 2. The van der Waals surface area contributed by atoms with Crippen LogP contribution in [0, 0.1) is 6.92 Å². The van der Waals surface area contributed by atoms with Gasteiger partial charge in [-0.3, -0.25) is 0 Å². The summed E-state index contributed by atoms with van der Waals surface area (Å²) in [6.45, 7) is 6.76. The second-order valence-corrected chi connectivity index (χ2v) is 7.57. The molecule has 0 aliphatic carbocycles. The van der Waals surface area contributed by atoms with Gasteiger partial charge in [-0.05, 0) is 44.4 Å². The number of hydrogen-bond donors (Lipinski definition) is 3. The topological polar surface area (TPSA) is 110 Å². The first-order chi connectivity index (χ1) is 11.8. The summed E-state index contributed by atoms with van der Waals surface area (Å²) >= 11 is 0. The first-order valence-electron chi connectivity index (χ1n) is 8.25. The van der Waals surface area contributed by atoms with E-state index in [1.807, 2.05) is 13.0 Å². The van der Waals surface area contributed by atoms with Crippen molar-refractivity contribution in [2.45, 2.75) is 44.6 Å². The number of rotatable bonds is 8. The molecule has 2 rings (SSSR count). The maximum atomic E-state index is 11.3. The van der Waals surface area contributed by atoms with Crippen molar-refractivity contribution in [3.8, 4) is 0 Å². The lowest BCUT2D eigenvalue weighted by atomic mass is 10.1. The van der Waals surface area contributed by atoms with E-state index >= 15 is 0 Å². The highest BCUT2D eigenvalue weighted by molar-refractivity contribution is 7.89. The fraction of sp³-hybridized carbons (Fsp3) is 0.412. The Kier molecular flexibility index (Phi) is 6.33. The minimum Gasteiger partial charge on any atom is -0.370 e. The molecule has 0 saturated heterocycles. The predicted molar refractivity (Wildman–Crippen MR) is 100 cm³/mol. The van der Waals surface area contributed by atoms with Crippen molar-refractivity contribution < 1.29 is 8.42 Å². The zero-order valence-electron chi connectivity index (χ0n) is 14.8. The van der Waals surface area contributed by atoms with Crippen LogP contribution < -0.4 is 15.8 Å². The predicted octanol–water partition coefficient (Wildman–Crippen LogP) is 2.30. The second-order valence-electron chi connectivity index (χ2n) is 6.01. The van der Waals surface area contributed by atoms with E-state index in [1.54, 1.807) is 12.1 Å². The lowest BCUT2D eigenvalue weighted by Gasteiger charge is -2.14. The van der Waals surface area contributed by atoms with Gasteiger partial charge in [-0.25, -0.2) is 23.5 Å². The Morgan fingerprint density at radius 1 is 1.16 bits per heavy atom. The Hall–Kier alpha value is -2.19. The molecule has 0 radical (unpaired) electrons. The van der Waals surface area contributed by atoms with Gasteiger partial charge < -0.3 is 10.6 Å². The zero-order valence-corrected chi connectivity index (χ0v) is 15.6. The van der Waals surface area contributed by atoms with Gasteiger partial charge in [0.15, 0.2) is 0 Å². The Morgan fingerprint density at radius 2 is 1.80 bits per heavy atom. The van der Waals surface area contributed by atoms with Crippen LogP contribution in [0.4, 0.5) is 11.6 Å². The third kappa shape index (κ3) is 5.99. The van der Waals surface area contributed by atoms with Gasteiger partial charge in [0.1, 0.15) is 17.5 Å². The number of primary sulfonamides is 1. The van der Waals surface area contributed by atoms with Gasteiger partial charge in [0, 0.05) is 18.7 Å². The molecule has 2 aromatic rings. The molecule has 1 atom stereocenters. The fourth-order valence-electron chi connectivity index (χ4n) is 2.27.